The number of carbonyl (C=O) groups is 2. The number of halogens is 2. The molecule has 0 bridgehead atoms. The maximum absolute atomic E-state index is 12.4. The molecule has 1 aromatic heterocycles. The lowest BCUT2D eigenvalue weighted by atomic mass is 10.2. The Balaban J connectivity index is 2.15. The van der Waals surface area contributed by atoms with Crippen molar-refractivity contribution in [3.63, 3.8) is 0 Å². The second-order valence-electron chi connectivity index (χ2n) is 4.52. The predicted molar refractivity (Wildman–Crippen MR) is 93.4 cm³/mol. The molecule has 0 spiro atoms. The maximum atomic E-state index is 12.4. The summed E-state index contributed by atoms with van der Waals surface area (Å²) < 4.78 is 10.00. The molecule has 0 aliphatic rings. The van der Waals surface area contributed by atoms with Crippen LogP contribution >= 0.6 is 34.5 Å². The first-order valence-corrected chi connectivity index (χ1v) is 8.53. The van der Waals surface area contributed by atoms with E-state index in [1.54, 1.807) is 18.4 Å². The van der Waals surface area contributed by atoms with Crippen LogP contribution in [0.5, 0.6) is 5.75 Å². The molecule has 0 aliphatic carbocycles. The number of benzene rings is 1. The van der Waals surface area contributed by atoms with Crippen molar-refractivity contribution in [1.29, 1.82) is 0 Å². The van der Waals surface area contributed by atoms with Crippen LogP contribution in [-0.4, -0.2) is 30.6 Å². The maximum Gasteiger partial charge on any atom is 0.311 e. The molecular weight excluding hydrogens is 375 g/mol. The van der Waals surface area contributed by atoms with E-state index >= 15 is 0 Å². The zero-order chi connectivity index (χ0) is 17.7. The highest BCUT2D eigenvalue weighted by atomic mass is 35.5. The Kier molecular flexibility index (Phi) is 6.42. The largest absolute Gasteiger partial charge is 0.494 e. The standard InChI is InChI=1S/C15H14Cl2N2O4S/c1-3-23-11(20)6-8-7-24-15(18-8)19-14(21)12-9(16)4-5-10(17)13(12)22-2/h4-5,7H,3,6H2,1-2H3,(H,18,19,21). The zero-order valence-corrected chi connectivity index (χ0v) is 15.2. The van der Waals surface area contributed by atoms with Crippen LogP contribution in [0.3, 0.4) is 0 Å². The van der Waals surface area contributed by atoms with Crippen LogP contribution in [0.25, 0.3) is 0 Å². The van der Waals surface area contributed by atoms with Gasteiger partial charge in [0.05, 0.1) is 35.9 Å². The first-order valence-electron chi connectivity index (χ1n) is 6.89. The minimum Gasteiger partial charge on any atom is -0.494 e. The molecule has 2 aromatic rings. The average molecular weight is 389 g/mol. The Bertz CT molecular complexity index is 764. The van der Waals surface area contributed by atoms with Gasteiger partial charge in [-0.3, -0.25) is 14.9 Å². The molecule has 0 saturated heterocycles. The number of hydrogen-bond acceptors (Lipinski definition) is 6. The average Bonchev–Trinajstić information content (AvgIpc) is 2.96. The summed E-state index contributed by atoms with van der Waals surface area (Å²) in [6.45, 7) is 2.03. The second kappa shape index (κ2) is 8.32. The van der Waals surface area contributed by atoms with Crippen LogP contribution in [0.4, 0.5) is 5.13 Å². The Morgan fingerprint density at radius 1 is 1.29 bits per heavy atom. The molecule has 1 amide bonds. The highest BCUT2D eigenvalue weighted by Gasteiger charge is 2.20. The van der Waals surface area contributed by atoms with Gasteiger partial charge in [0, 0.05) is 5.38 Å². The molecule has 0 fully saturated rings. The highest BCUT2D eigenvalue weighted by Crippen LogP contribution is 2.34. The number of thiazole rings is 1. The van der Waals surface area contributed by atoms with Gasteiger partial charge in [0.2, 0.25) is 0 Å². The van der Waals surface area contributed by atoms with Crippen LogP contribution in [0.1, 0.15) is 23.0 Å². The van der Waals surface area contributed by atoms with E-state index in [-0.39, 0.29) is 33.7 Å². The van der Waals surface area contributed by atoms with E-state index < -0.39 is 5.91 Å². The first-order chi connectivity index (χ1) is 11.5. The number of methoxy groups -OCH3 is 1. The van der Waals surface area contributed by atoms with Crippen LogP contribution in [0, 0.1) is 0 Å². The lowest BCUT2D eigenvalue weighted by molar-refractivity contribution is -0.142. The van der Waals surface area contributed by atoms with E-state index in [0.717, 1.165) is 0 Å². The number of nitrogens with one attached hydrogen (secondary N) is 1. The third-order valence-corrected chi connectivity index (χ3v) is 4.31. The van der Waals surface area contributed by atoms with Gasteiger partial charge < -0.3 is 9.47 Å². The van der Waals surface area contributed by atoms with Crippen molar-refractivity contribution >= 4 is 51.5 Å². The first kappa shape index (κ1) is 18.5. The summed E-state index contributed by atoms with van der Waals surface area (Å²) in [6, 6.07) is 3.05. The Labute approximate surface area is 152 Å². The fourth-order valence-electron chi connectivity index (χ4n) is 1.91. The topological polar surface area (TPSA) is 77.5 Å². The van der Waals surface area contributed by atoms with E-state index in [1.807, 2.05) is 0 Å². The molecule has 24 heavy (non-hydrogen) atoms. The minimum atomic E-state index is -0.503. The number of ether oxygens (including phenoxy) is 2. The molecular formula is C15H14Cl2N2O4S. The Morgan fingerprint density at radius 3 is 2.67 bits per heavy atom. The van der Waals surface area contributed by atoms with Gasteiger partial charge in [0.15, 0.2) is 10.9 Å². The minimum absolute atomic E-state index is 0.0431. The molecule has 0 radical (unpaired) electrons. The van der Waals surface area contributed by atoms with Gasteiger partial charge in [-0.05, 0) is 19.1 Å². The normalized spacial score (nSPS) is 10.3. The third kappa shape index (κ3) is 4.37. The van der Waals surface area contributed by atoms with Gasteiger partial charge in [0.25, 0.3) is 5.91 Å². The second-order valence-corrected chi connectivity index (χ2v) is 6.19. The van der Waals surface area contributed by atoms with Crippen molar-refractivity contribution in [2.45, 2.75) is 13.3 Å². The number of aromatic nitrogens is 1. The van der Waals surface area contributed by atoms with Crippen molar-refractivity contribution in [2.75, 3.05) is 19.0 Å². The SMILES string of the molecule is CCOC(=O)Cc1csc(NC(=O)c2c(Cl)ccc(Cl)c2OC)n1. The summed E-state index contributed by atoms with van der Waals surface area (Å²) in [5, 5.41) is 5.10. The molecule has 0 atom stereocenters. The molecule has 1 N–H and O–H groups in total. The van der Waals surface area contributed by atoms with Crippen LogP contribution in [-0.2, 0) is 16.0 Å². The Morgan fingerprint density at radius 2 is 2.00 bits per heavy atom. The summed E-state index contributed by atoms with van der Waals surface area (Å²) in [4.78, 5) is 28.1. The fraction of sp³-hybridized carbons (Fsp3) is 0.267. The van der Waals surface area contributed by atoms with Gasteiger partial charge >= 0.3 is 5.97 Å². The van der Waals surface area contributed by atoms with Crippen molar-refractivity contribution in [2.24, 2.45) is 0 Å². The van der Waals surface area contributed by atoms with Crippen LogP contribution in [0.15, 0.2) is 17.5 Å². The smallest absolute Gasteiger partial charge is 0.311 e. The number of esters is 1. The van der Waals surface area contributed by atoms with Crippen LogP contribution in [0.2, 0.25) is 10.0 Å². The number of carbonyl (C=O) groups excluding carboxylic acids is 2. The van der Waals surface area contributed by atoms with E-state index in [1.165, 1.54) is 24.5 Å². The lowest BCUT2D eigenvalue weighted by Gasteiger charge is -2.11. The van der Waals surface area contributed by atoms with Crippen molar-refractivity contribution in [1.82, 2.24) is 4.98 Å². The van der Waals surface area contributed by atoms with Gasteiger partial charge in [-0.2, -0.15) is 0 Å². The molecule has 1 aromatic carbocycles. The van der Waals surface area contributed by atoms with E-state index in [4.69, 9.17) is 32.7 Å². The van der Waals surface area contributed by atoms with Crippen LogP contribution < -0.4 is 10.1 Å². The molecule has 0 unspecified atom stereocenters. The number of anilines is 1. The number of rotatable bonds is 6. The molecule has 1 heterocycles. The summed E-state index contributed by atoms with van der Waals surface area (Å²) in [5.74, 6) is -0.693. The summed E-state index contributed by atoms with van der Waals surface area (Å²) in [7, 11) is 1.40. The molecule has 6 nitrogen and oxygen atoms in total. The molecule has 2 rings (SSSR count). The number of amides is 1. The van der Waals surface area contributed by atoms with Gasteiger partial charge in [0.1, 0.15) is 5.56 Å². The quantitative estimate of drug-likeness (QED) is 0.761. The van der Waals surface area contributed by atoms with E-state index in [2.05, 4.69) is 10.3 Å². The molecule has 0 aliphatic heterocycles. The lowest BCUT2D eigenvalue weighted by Crippen LogP contribution is -2.14. The van der Waals surface area contributed by atoms with Gasteiger partial charge in [-0.1, -0.05) is 23.2 Å². The molecule has 128 valence electrons. The number of hydrogen-bond donors (Lipinski definition) is 1. The summed E-state index contributed by atoms with van der Waals surface area (Å²) in [6.07, 6.45) is 0.0431. The van der Waals surface area contributed by atoms with Gasteiger partial charge in [-0.25, -0.2) is 4.98 Å². The third-order valence-electron chi connectivity index (χ3n) is 2.89. The van der Waals surface area contributed by atoms with Gasteiger partial charge in [-0.15, -0.1) is 11.3 Å². The fourth-order valence-corrected chi connectivity index (χ4v) is 3.08. The number of nitrogens with zero attached hydrogens (tertiary/aromatic N) is 1. The Hall–Kier alpha value is -1.83. The monoisotopic (exact) mass is 388 g/mol. The van der Waals surface area contributed by atoms with E-state index in [9.17, 15) is 9.59 Å². The zero-order valence-electron chi connectivity index (χ0n) is 12.9. The van der Waals surface area contributed by atoms with Crippen molar-refractivity contribution < 1.29 is 19.1 Å². The highest BCUT2D eigenvalue weighted by molar-refractivity contribution is 7.14. The predicted octanol–water partition coefficient (Wildman–Crippen LogP) is 3.82. The molecule has 0 saturated carbocycles. The summed E-state index contributed by atoms with van der Waals surface area (Å²) >= 11 is 13.3. The molecule has 9 heteroatoms. The van der Waals surface area contributed by atoms with Crippen molar-refractivity contribution in [3.8, 4) is 5.75 Å². The summed E-state index contributed by atoms with van der Waals surface area (Å²) in [5.41, 5.74) is 0.631. The van der Waals surface area contributed by atoms with Crippen molar-refractivity contribution in [3.05, 3.63) is 38.8 Å². The van der Waals surface area contributed by atoms with E-state index in [0.29, 0.717) is 17.4 Å².